The van der Waals surface area contributed by atoms with E-state index in [1.807, 2.05) is 17.4 Å². The summed E-state index contributed by atoms with van der Waals surface area (Å²) in [6, 6.07) is 2.04. The number of hydrogen-bond donors (Lipinski definition) is 1. The van der Waals surface area contributed by atoms with Crippen molar-refractivity contribution in [1.82, 2.24) is 15.0 Å². The number of aryl methyl sites for hydroxylation is 3. The highest BCUT2D eigenvalue weighted by molar-refractivity contribution is 7.11. The van der Waals surface area contributed by atoms with Crippen molar-refractivity contribution >= 4 is 23.0 Å². The van der Waals surface area contributed by atoms with Crippen molar-refractivity contribution < 1.29 is 4.74 Å². The summed E-state index contributed by atoms with van der Waals surface area (Å²) < 4.78 is 5.40. The normalized spacial score (nSPS) is 17.4. The minimum Gasteiger partial charge on any atom is -0.378 e. The minimum atomic E-state index is 0.768. The molecular formula is C18H25N5OS. The van der Waals surface area contributed by atoms with Gasteiger partial charge >= 0.3 is 0 Å². The summed E-state index contributed by atoms with van der Waals surface area (Å²) in [5, 5.41) is 4.72. The van der Waals surface area contributed by atoms with Gasteiger partial charge in [-0.2, -0.15) is 0 Å². The van der Waals surface area contributed by atoms with Crippen molar-refractivity contribution in [3.8, 4) is 0 Å². The Hall–Kier alpha value is -1.73. The van der Waals surface area contributed by atoms with E-state index in [9.17, 15) is 0 Å². The predicted molar refractivity (Wildman–Crippen MR) is 101 cm³/mol. The molecule has 0 atom stereocenters. The van der Waals surface area contributed by atoms with Crippen LogP contribution in [0.4, 0.5) is 11.6 Å². The van der Waals surface area contributed by atoms with E-state index in [4.69, 9.17) is 9.72 Å². The molecular weight excluding hydrogens is 334 g/mol. The monoisotopic (exact) mass is 359 g/mol. The molecule has 0 unspecified atom stereocenters. The zero-order valence-electron chi connectivity index (χ0n) is 14.5. The molecule has 1 aliphatic carbocycles. The third-order valence-electron chi connectivity index (χ3n) is 4.75. The number of fused-ring (bicyclic) bond motifs is 1. The van der Waals surface area contributed by atoms with E-state index in [1.165, 1.54) is 41.3 Å². The third-order valence-corrected chi connectivity index (χ3v) is 5.97. The quantitative estimate of drug-likeness (QED) is 0.800. The van der Waals surface area contributed by atoms with Gasteiger partial charge < -0.3 is 15.0 Å². The van der Waals surface area contributed by atoms with Crippen molar-refractivity contribution in [3.05, 3.63) is 28.0 Å². The molecule has 0 radical (unpaired) electrons. The fourth-order valence-electron chi connectivity index (χ4n) is 3.38. The largest absolute Gasteiger partial charge is 0.378 e. The fraction of sp³-hybridized carbons (Fsp3) is 0.611. The lowest BCUT2D eigenvalue weighted by atomic mass is 10.0. The number of morpholine rings is 1. The highest BCUT2D eigenvalue weighted by Crippen LogP contribution is 2.27. The fourth-order valence-corrected chi connectivity index (χ4v) is 4.58. The lowest BCUT2D eigenvalue weighted by molar-refractivity contribution is 0.122. The Kier molecular flexibility index (Phi) is 5.42. The number of rotatable bonds is 6. The average Bonchev–Trinajstić information content (AvgIpc) is 3.09. The van der Waals surface area contributed by atoms with Crippen LogP contribution in [0.25, 0.3) is 0 Å². The van der Waals surface area contributed by atoms with E-state index >= 15 is 0 Å². The van der Waals surface area contributed by atoms with Crippen molar-refractivity contribution in [2.75, 3.05) is 43.1 Å². The molecule has 2 aromatic rings. The highest BCUT2D eigenvalue weighted by atomic mass is 32.1. The average molecular weight is 359 g/mol. The van der Waals surface area contributed by atoms with E-state index in [1.54, 1.807) is 6.33 Å². The molecule has 4 rings (SSSR count). The maximum Gasteiger partial charge on any atom is 0.134 e. The molecule has 1 N–H and O–H groups in total. The summed E-state index contributed by atoms with van der Waals surface area (Å²) in [7, 11) is 0. The van der Waals surface area contributed by atoms with Crippen molar-refractivity contribution in [2.24, 2.45) is 0 Å². The smallest absolute Gasteiger partial charge is 0.134 e. The second kappa shape index (κ2) is 8.10. The number of thiazole rings is 1. The molecule has 1 saturated heterocycles. The Bertz CT molecular complexity index is 675. The Labute approximate surface area is 152 Å². The Morgan fingerprint density at radius 1 is 1.16 bits per heavy atom. The van der Waals surface area contributed by atoms with Crippen LogP contribution in [0.1, 0.15) is 34.8 Å². The highest BCUT2D eigenvalue weighted by Gasteiger charge is 2.15. The predicted octanol–water partition coefficient (Wildman–Crippen LogP) is 2.69. The molecule has 3 heterocycles. The van der Waals surface area contributed by atoms with Gasteiger partial charge in [0.05, 0.1) is 23.9 Å². The van der Waals surface area contributed by atoms with Crippen LogP contribution in [0.5, 0.6) is 0 Å². The van der Waals surface area contributed by atoms with E-state index in [2.05, 4.69) is 20.2 Å². The Balaban J connectivity index is 1.26. The Morgan fingerprint density at radius 3 is 2.92 bits per heavy atom. The SMILES string of the molecule is c1nc(NCCCc2nc3c(s2)CCCC3)cc(N2CCOCC2)n1. The standard InChI is InChI=1S/C18H25N5OS/c1-2-5-15-14(4-1)22-18(25-15)6-3-7-19-16-12-17(21-13-20-16)23-8-10-24-11-9-23/h12-13H,1-11H2,(H,19,20,21). The molecule has 0 bridgehead atoms. The van der Waals surface area contributed by atoms with Crippen LogP contribution in [-0.4, -0.2) is 47.8 Å². The first-order valence-corrected chi connectivity index (χ1v) is 10.1. The van der Waals surface area contributed by atoms with Gasteiger partial charge in [0.15, 0.2) is 0 Å². The van der Waals surface area contributed by atoms with Crippen LogP contribution in [-0.2, 0) is 24.0 Å². The van der Waals surface area contributed by atoms with Crippen molar-refractivity contribution in [1.29, 1.82) is 0 Å². The molecule has 7 heteroatoms. The van der Waals surface area contributed by atoms with E-state index < -0.39 is 0 Å². The van der Waals surface area contributed by atoms with Gasteiger partial charge in [-0.05, 0) is 32.1 Å². The zero-order chi connectivity index (χ0) is 16.9. The first-order chi connectivity index (χ1) is 12.4. The van der Waals surface area contributed by atoms with E-state index in [0.717, 1.165) is 57.3 Å². The van der Waals surface area contributed by atoms with Gasteiger partial charge in [0.2, 0.25) is 0 Å². The number of nitrogens with zero attached hydrogens (tertiary/aromatic N) is 4. The number of ether oxygens (including phenoxy) is 1. The number of hydrogen-bond acceptors (Lipinski definition) is 7. The van der Waals surface area contributed by atoms with Gasteiger partial charge in [0.1, 0.15) is 18.0 Å². The minimum absolute atomic E-state index is 0.768. The van der Waals surface area contributed by atoms with Crippen molar-refractivity contribution in [3.63, 3.8) is 0 Å². The topological polar surface area (TPSA) is 63.2 Å². The number of anilines is 2. The lowest BCUT2D eigenvalue weighted by Crippen LogP contribution is -2.36. The second-order valence-electron chi connectivity index (χ2n) is 6.58. The molecule has 25 heavy (non-hydrogen) atoms. The van der Waals surface area contributed by atoms with Crippen molar-refractivity contribution in [2.45, 2.75) is 38.5 Å². The first-order valence-electron chi connectivity index (χ1n) is 9.24. The molecule has 0 amide bonds. The molecule has 0 saturated carbocycles. The Morgan fingerprint density at radius 2 is 2.04 bits per heavy atom. The van der Waals surface area contributed by atoms with Crippen LogP contribution < -0.4 is 10.2 Å². The van der Waals surface area contributed by atoms with Crippen LogP contribution in [0.3, 0.4) is 0 Å². The van der Waals surface area contributed by atoms with Crippen LogP contribution in [0.15, 0.2) is 12.4 Å². The summed E-state index contributed by atoms with van der Waals surface area (Å²) in [6.07, 6.45) is 8.80. The van der Waals surface area contributed by atoms with Gasteiger partial charge in [-0.1, -0.05) is 0 Å². The molecule has 1 fully saturated rings. The molecule has 2 aliphatic rings. The summed E-state index contributed by atoms with van der Waals surface area (Å²) in [4.78, 5) is 17.3. The van der Waals surface area contributed by atoms with E-state index in [0.29, 0.717) is 0 Å². The van der Waals surface area contributed by atoms with Gasteiger partial charge in [-0.15, -0.1) is 11.3 Å². The molecule has 2 aromatic heterocycles. The molecule has 1 aliphatic heterocycles. The maximum atomic E-state index is 5.40. The second-order valence-corrected chi connectivity index (χ2v) is 7.74. The summed E-state index contributed by atoms with van der Waals surface area (Å²) >= 11 is 1.92. The number of nitrogens with one attached hydrogen (secondary N) is 1. The van der Waals surface area contributed by atoms with Crippen LogP contribution in [0.2, 0.25) is 0 Å². The van der Waals surface area contributed by atoms with Gasteiger partial charge in [-0.3, -0.25) is 0 Å². The molecule has 6 nitrogen and oxygen atoms in total. The molecule has 134 valence electrons. The van der Waals surface area contributed by atoms with Gasteiger partial charge in [-0.25, -0.2) is 15.0 Å². The molecule has 0 aromatic carbocycles. The van der Waals surface area contributed by atoms with Crippen LogP contribution >= 0.6 is 11.3 Å². The summed E-state index contributed by atoms with van der Waals surface area (Å²) in [5.74, 6) is 1.88. The van der Waals surface area contributed by atoms with Crippen LogP contribution in [0, 0.1) is 0 Å². The summed E-state index contributed by atoms with van der Waals surface area (Å²) in [6.45, 7) is 4.23. The third kappa shape index (κ3) is 4.27. The van der Waals surface area contributed by atoms with Gasteiger partial charge in [0, 0.05) is 37.0 Å². The van der Waals surface area contributed by atoms with E-state index in [-0.39, 0.29) is 0 Å². The lowest BCUT2D eigenvalue weighted by Gasteiger charge is -2.27. The zero-order valence-corrected chi connectivity index (χ0v) is 15.4. The summed E-state index contributed by atoms with van der Waals surface area (Å²) in [5.41, 5.74) is 1.37. The number of aromatic nitrogens is 3. The molecule has 0 spiro atoms. The maximum absolute atomic E-state index is 5.40. The first kappa shape index (κ1) is 16.7. The van der Waals surface area contributed by atoms with Gasteiger partial charge in [0.25, 0.3) is 0 Å².